The minimum Gasteiger partial charge on any atom is -0.481 e. The Morgan fingerprint density at radius 3 is 2.64 bits per heavy atom. The van der Waals surface area contributed by atoms with Gasteiger partial charge in [-0.25, -0.2) is 0 Å². The summed E-state index contributed by atoms with van der Waals surface area (Å²) in [6.07, 6.45) is 13.4. The van der Waals surface area contributed by atoms with Crippen LogP contribution < -0.4 is 0 Å². The van der Waals surface area contributed by atoms with Gasteiger partial charge in [0.25, 0.3) is 0 Å². The molecular formula is C18H28O4. The van der Waals surface area contributed by atoms with Crippen molar-refractivity contribution in [1.82, 2.24) is 0 Å². The molecule has 4 heteroatoms. The SMILES string of the molecule is CC[C@H](O)/C=C/[C@@H]1C=CC(=O)[C@H]1CCCCCCCC(=O)O. The van der Waals surface area contributed by atoms with Gasteiger partial charge in [-0.15, -0.1) is 0 Å². The van der Waals surface area contributed by atoms with Crippen molar-refractivity contribution < 1.29 is 19.8 Å². The van der Waals surface area contributed by atoms with Crippen molar-refractivity contribution in [3.63, 3.8) is 0 Å². The number of aliphatic hydroxyl groups excluding tert-OH is 1. The Morgan fingerprint density at radius 2 is 1.95 bits per heavy atom. The number of hydrogen-bond donors (Lipinski definition) is 2. The Bertz CT molecular complexity index is 411. The Balaban J connectivity index is 2.23. The highest BCUT2D eigenvalue weighted by atomic mass is 16.4. The van der Waals surface area contributed by atoms with Gasteiger partial charge in [-0.1, -0.05) is 50.8 Å². The van der Waals surface area contributed by atoms with Crippen LogP contribution in [0.25, 0.3) is 0 Å². The predicted octanol–water partition coefficient (Wildman–Crippen LogP) is 3.50. The molecule has 0 aliphatic heterocycles. The number of hydrogen-bond acceptors (Lipinski definition) is 3. The normalized spacial score (nSPS) is 22.5. The molecule has 124 valence electrons. The maximum atomic E-state index is 11.9. The summed E-state index contributed by atoms with van der Waals surface area (Å²) in [7, 11) is 0. The molecule has 0 aromatic heterocycles. The van der Waals surface area contributed by atoms with Gasteiger partial charge in [0, 0.05) is 18.3 Å². The summed E-state index contributed by atoms with van der Waals surface area (Å²) in [5.74, 6) is -0.418. The molecule has 2 N–H and O–H groups in total. The van der Waals surface area contributed by atoms with E-state index < -0.39 is 12.1 Å². The molecule has 0 radical (unpaired) electrons. The van der Waals surface area contributed by atoms with Crippen LogP contribution in [0.15, 0.2) is 24.3 Å². The third kappa shape index (κ3) is 7.03. The molecule has 0 fully saturated rings. The first kappa shape index (κ1) is 18.6. The first-order valence-corrected chi connectivity index (χ1v) is 8.34. The third-order valence-corrected chi connectivity index (χ3v) is 4.19. The van der Waals surface area contributed by atoms with Crippen LogP contribution >= 0.6 is 0 Å². The van der Waals surface area contributed by atoms with E-state index in [1.165, 1.54) is 0 Å². The molecule has 0 saturated carbocycles. The van der Waals surface area contributed by atoms with Crippen LogP contribution in [0.4, 0.5) is 0 Å². The number of unbranched alkanes of at least 4 members (excludes halogenated alkanes) is 4. The van der Waals surface area contributed by atoms with Crippen LogP contribution in [-0.2, 0) is 9.59 Å². The highest BCUT2D eigenvalue weighted by Gasteiger charge is 2.27. The molecule has 0 spiro atoms. The van der Waals surface area contributed by atoms with Crippen LogP contribution in [0.3, 0.4) is 0 Å². The van der Waals surface area contributed by atoms with E-state index in [0.29, 0.717) is 6.42 Å². The number of aliphatic hydroxyl groups is 1. The van der Waals surface area contributed by atoms with Gasteiger partial charge in [0.2, 0.25) is 0 Å². The molecule has 1 aliphatic carbocycles. The smallest absolute Gasteiger partial charge is 0.303 e. The molecular weight excluding hydrogens is 280 g/mol. The maximum absolute atomic E-state index is 11.9. The molecule has 0 aromatic rings. The Kier molecular flexibility index (Phi) is 8.75. The zero-order valence-corrected chi connectivity index (χ0v) is 13.4. The van der Waals surface area contributed by atoms with Gasteiger partial charge < -0.3 is 10.2 Å². The van der Waals surface area contributed by atoms with E-state index in [2.05, 4.69) is 0 Å². The summed E-state index contributed by atoms with van der Waals surface area (Å²) < 4.78 is 0. The van der Waals surface area contributed by atoms with E-state index in [4.69, 9.17) is 5.11 Å². The zero-order valence-electron chi connectivity index (χ0n) is 13.4. The quantitative estimate of drug-likeness (QED) is 0.452. The number of carboxylic acid groups (broad SMARTS) is 1. The fraction of sp³-hybridized carbons (Fsp3) is 0.667. The highest BCUT2D eigenvalue weighted by Crippen LogP contribution is 2.29. The van der Waals surface area contributed by atoms with Gasteiger partial charge >= 0.3 is 5.97 Å². The van der Waals surface area contributed by atoms with Crippen molar-refractivity contribution in [2.45, 2.75) is 64.4 Å². The van der Waals surface area contributed by atoms with Gasteiger partial charge in [0.1, 0.15) is 0 Å². The minimum atomic E-state index is -0.730. The average molecular weight is 308 g/mol. The summed E-state index contributed by atoms with van der Waals surface area (Å²) in [5.41, 5.74) is 0. The van der Waals surface area contributed by atoms with E-state index in [1.807, 2.05) is 19.1 Å². The lowest BCUT2D eigenvalue weighted by molar-refractivity contribution is -0.137. The summed E-state index contributed by atoms with van der Waals surface area (Å²) in [5, 5.41) is 18.1. The molecule has 0 aromatic carbocycles. The lowest BCUT2D eigenvalue weighted by atomic mass is 9.88. The summed E-state index contributed by atoms with van der Waals surface area (Å²) >= 11 is 0. The van der Waals surface area contributed by atoms with E-state index >= 15 is 0 Å². The molecule has 4 nitrogen and oxygen atoms in total. The summed E-state index contributed by atoms with van der Waals surface area (Å²) in [6.45, 7) is 1.92. The molecule has 0 amide bonds. The second-order valence-electron chi connectivity index (χ2n) is 6.01. The largest absolute Gasteiger partial charge is 0.481 e. The van der Waals surface area contributed by atoms with Crippen LogP contribution in [-0.4, -0.2) is 28.1 Å². The number of allylic oxidation sites excluding steroid dienone is 3. The number of rotatable bonds is 11. The lowest BCUT2D eigenvalue weighted by Crippen LogP contribution is -2.15. The van der Waals surface area contributed by atoms with Crippen molar-refractivity contribution in [3.8, 4) is 0 Å². The molecule has 1 rings (SSSR count). The van der Waals surface area contributed by atoms with Crippen LogP contribution in [0.2, 0.25) is 0 Å². The van der Waals surface area contributed by atoms with Crippen LogP contribution in [0.5, 0.6) is 0 Å². The van der Waals surface area contributed by atoms with E-state index in [0.717, 1.165) is 38.5 Å². The van der Waals surface area contributed by atoms with Crippen LogP contribution in [0.1, 0.15) is 58.3 Å². The zero-order chi connectivity index (χ0) is 16.4. The maximum Gasteiger partial charge on any atom is 0.303 e. The van der Waals surface area contributed by atoms with Crippen molar-refractivity contribution >= 4 is 11.8 Å². The third-order valence-electron chi connectivity index (χ3n) is 4.19. The molecule has 0 heterocycles. The first-order valence-electron chi connectivity index (χ1n) is 8.34. The Labute approximate surface area is 132 Å². The molecule has 0 bridgehead atoms. The molecule has 22 heavy (non-hydrogen) atoms. The minimum absolute atomic E-state index is 0.0133. The van der Waals surface area contributed by atoms with E-state index in [-0.39, 0.29) is 24.0 Å². The van der Waals surface area contributed by atoms with Gasteiger partial charge in [-0.2, -0.15) is 0 Å². The number of carbonyl (C=O) groups excluding carboxylic acids is 1. The van der Waals surface area contributed by atoms with Crippen molar-refractivity contribution in [3.05, 3.63) is 24.3 Å². The standard InChI is InChI=1S/C18H28O4/c1-2-15(19)12-10-14-11-13-17(20)16(14)8-6-4-3-5-7-9-18(21)22/h10-16,19H,2-9H2,1H3,(H,21,22)/b12-10+/t14-,15+,16+/m1/s1. The second-order valence-corrected chi connectivity index (χ2v) is 6.01. The fourth-order valence-corrected chi connectivity index (χ4v) is 2.75. The van der Waals surface area contributed by atoms with E-state index in [9.17, 15) is 14.7 Å². The van der Waals surface area contributed by atoms with E-state index in [1.54, 1.807) is 12.2 Å². The fourth-order valence-electron chi connectivity index (χ4n) is 2.75. The topological polar surface area (TPSA) is 74.6 Å². The van der Waals surface area contributed by atoms with Crippen LogP contribution in [0, 0.1) is 11.8 Å². The first-order chi connectivity index (χ1) is 10.5. The summed E-state index contributed by atoms with van der Waals surface area (Å²) in [4.78, 5) is 22.3. The predicted molar refractivity (Wildman–Crippen MR) is 86.5 cm³/mol. The van der Waals surface area contributed by atoms with Gasteiger partial charge in [-0.05, 0) is 25.3 Å². The Morgan fingerprint density at radius 1 is 1.27 bits per heavy atom. The van der Waals surface area contributed by atoms with Crippen molar-refractivity contribution in [2.24, 2.45) is 11.8 Å². The monoisotopic (exact) mass is 308 g/mol. The lowest BCUT2D eigenvalue weighted by Gasteiger charge is -2.15. The number of aliphatic carboxylic acids is 1. The van der Waals surface area contributed by atoms with Gasteiger partial charge in [0.05, 0.1) is 6.10 Å². The molecule has 0 saturated heterocycles. The second kappa shape index (κ2) is 10.3. The summed E-state index contributed by atoms with van der Waals surface area (Å²) in [6, 6.07) is 0. The van der Waals surface area contributed by atoms with Gasteiger partial charge in [-0.3, -0.25) is 9.59 Å². The number of ketones is 1. The highest BCUT2D eigenvalue weighted by molar-refractivity contribution is 5.94. The van der Waals surface area contributed by atoms with Crippen molar-refractivity contribution in [2.75, 3.05) is 0 Å². The number of carboxylic acids is 1. The van der Waals surface area contributed by atoms with Crippen molar-refractivity contribution in [1.29, 1.82) is 0 Å². The Hall–Kier alpha value is -1.42. The molecule has 3 atom stereocenters. The average Bonchev–Trinajstić information content (AvgIpc) is 2.84. The number of carbonyl (C=O) groups is 2. The molecule has 1 aliphatic rings. The van der Waals surface area contributed by atoms with Gasteiger partial charge in [0.15, 0.2) is 5.78 Å². The molecule has 0 unspecified atom stereocenters.